The first kappa shape index (κ1) is 13.4. The molecule has 1 aromatic carbocycles. The molecule has 1 saturated heterocycles. The Morgan fingerprint density at radius 2 is 2.05 bits per heavy atom. The molecule has 108 valence electrons. The minimum absolute atomic E-state index is 0.0252. The molecule has 1 amide bonds. The molecule has 0 radical (unpaired) electrons. The van der Waals surface area contributed by atoms with Crippen LogP contribution in [0.1, 0.15) is 44.2 Å². The first-order valence-electron chi connectivity index (χ1n) is 7.14. The van der Waals surface area contributed by atoms with Gasteiger partial charge >= 0.3 is 6.09 Å². The van der Waals surface area contributed by atoms with Gasteiger partial charge in [-0.15, -0.1) is 0 Å². The van der Waals surface area contributed by atoms with Crippen molar-refractivity contribution in [3.63, 3.8) is 0 Å². The zero-order chi connectivity index (χ0) is 14.5. The van der Waals surface area contributed by atoms with Gasteiger partial charge in [-0.1, -0.05) is 24.3 Å². The summed E-state index contributed by atoms with van der Waals surface area (Å²) in [6.45, 7) is 5.52. The molecular weight excluding hydrogens is 254 g/mol. The van der Waals surface area contributed by atoms with Crippen molar-refractivity contribution in [2.75, 3.05) is 0 Å². The van der Waals surface area contributed by atoms with Crippen molar-refractivity contribution in [2.24, 2.45) is 0 Å². The molecule has 4 nitrogen and oxygen atoms in total. The number of aliphatic hydroxyl groups is 1. The Morgan fingerprint density at radius 3 is 2.75 bits per heavy atom. The normalized spacial score (nSPS) is 28.2. The van der Waals surface area contributed by atoms with E-state index in [2.05, 4.69) is 12.1 Å². The zero-order valence-corrected chi connectivity index (χ0v) is 12.2. The molecule has 3 rings (SSSR count). The first-order valence-corrected chi connectivity index (χ1v) is 7.14. The van der Waals surface area contributed by atoms with E-state index in [1.165, 1.54) is 16.0 Å². The lowest BCUT2D eigenvalue weighted by Gasteiger charge is -2.30. The first-order chi connectivity index (χ1) is 9.37. The minimum atomic E-state index is -0.742. The van der Waals surface area contributed by atoms with Crippen molar-refractivity contribution in [1.82, 2.24) is 4.90 Å². The number of benzene rings is 1. The topological polar surface area (TPSA) is 49.8 Å². The maximum atomic E-state index is 12.3. The number of aliphatic hydroxyl groups excluding tert-OH is 1. The summed E-state index contributed by atoms with van der Waals surface area (Å²) in [4.78, 5) is 13.8. The van der Waals surface area contributed by atoms with Crippen LogP contribution in [0, 0.1) is 0 Å². The summed E-state index contributed by atoms with van der Waals surface area (Å²) >= 11 is 0. The number of fused-ring (bicyclic) bond motifs is 3. The highest BCUT2D eigenvalue weighted by Gasteiger charge is 2.48. The Hall–Kier alpha value is -1.55. The molecule has 20 heavy (non-hydrogen) atoms. The molecule has 3 atom stereocenters. The second kappa shape index (κ2) is 4.48. The summed E-state index contributed by atoms with van der Waals surface area (Å²) in [6, 6.07) is 8.27. The molecule has 1 aliphatic heterocycles. The predicted molar refractivity (Wildman–Crippen MR) is 75.4 cm³/mol. The van der Waals surface area contributed by atoms with Gasteiger partial charge in [0.05, 0.1) is 0 Å². The molecule has 1 heterocycles. The van der Waals surface area contributed by atoms with Gasteiger partial charge in [0.15, 0.2) is 0 Å². The maximum Gasteiger partial charge on any atom is 0.412 e. The van der Waals surface area contributed by atoms with Crippen molar-refractivity contribution in [3.05, 3.63) is 35.4 Å². The Labute approximate surface area is 119 Å². The van der Waals surface area contributed by atoms with Crippen molar-refractivity contribution in [2.45, 2.75) is 57.4 Å². The number of ether oxygens (including phenoxy) is 1. The van der Waals surface area contributed by atoms with Crippen LogP contribution in [0.15, 0.2) is 24.3 Å². The summed E-state index contributed by atoms with van der Waals surface area (Å²) in [5, 5.41) is 10.2. The SMILES string of the molecule is CC(C)(C)OC(=O)N1C(O)CC2c3ccccc3CC21. The standard InChI is InChI=1S/C16H21NO3/c1-16(2,3)20-15(19)17-13-8-10-6-4-5-7-11(10)12(13)9-14(17)18/h4-7,12-14,18H,8-9H2,1-3H3. The summed E-state index contributed by atoms with van der Waals surface area (Å²) in [5.41, 5.74) is 2.01. The fraction of sp³-hybridized carbons (Fsp3) is 0.562. The Kier molecular flexibility index (Phi) is 3.01. The average Bonchev–Trinajstić information content (AvgIpc) is 2.81. The molecular formula is C16H21NO3. The van der Waals surface area contributed by atoms with Crippen LogP contribution in [0.5, 0.6) is 0 Å². The molecule has 1 N–H and O–H groups in total. The molecule has 4 heteroatoms. The highest BCUT2D eigenvalue weighted by atomic mass is 16.6. The highest BCUT2D eigenvalue weighted by Crippen LogP contribution is 2.45. The van der Waals surface area contributed by atoms with Crippen molar-refractivity contribution >= 4 is 6.09 Å². The van der Waals surface area contributed by atoms with Crippen molar-refractivity contribution in [1.29, 1.82) is 0 Å². The molecule has 0 aromatic heterocycles. The van der Waals surface area contributed by atoms with E-state index in [-0.39, 0.29) is 12.0 Å². The third kappa shape index (κ3) is 2.18. The molecule has 0 bridgehead atoms. The fourth-order valence-electron chi connectivity index (χ4n) is 3.37. The molecule has 1 aromatic rings. The smallest absolute Gasteiger partial charge is 0.412 e. The average molecular weight is 275 g/mol. The van der Waals surface area contributed by atoms with E-state index in [4.69, 9.17) is 4.74 Å². The molecule has 1 fully saturated rings. The van der Waals surface area contributed by atoms with Crippen LogP contribution in [0.2, 0.25) is 0 Å². The van der Waals surface area contributed by atoms with Gasteiger partial charge in [-0.05, 0) is 38.3 Å². The van der Waals surface area contributed by atoms with E-state index in [1.807, 2.05) is 32.9 Å². The number of carbonyl (C=O) groups is 1. The Bertz CT molecular complexity index is 535. The van der Waals surface area contributed by atoms with Crippen LogP contribution in [0.4, 0.5) is 4.79 Å². The van der Waals surface area contributed by atoms with E-state index >= 15 is 0 Å². The van der Waals surface area contributed by atoms with Crippen LogP contribution in [0.25, 0.3) is 0 Å². The van der Waals surface area contributed by atoms with Gasteiger partial charge in [-0.25, -0.2) is 4.79 Å². The summed E-state index contributed by atoms with van der Waals surface area (Å²) < 4.78 is 5.43. The number of likely N-dealkylation sites (tertiary alicyclic amines) is 1. The van der Waals surface area contributed by atoms with Crippen LogP contribution < -0.4 is 0 Å². The van der Waals surface area contributed by atoms with Gasteiger partial charge in [0.25, 0.3) is 0 Å². The largest absolute Gasteiger partial charge is 0.444 e. The van der Waals surface area contributed by atoms with Crippen LogP contribution in [-0.4, -0.2) is 34.0 Å². The highest BCUT2D eigenvalue weighted by molar-refractivity contribution is 5.70. The number of carbonyl (C=O) groups excluding carboxylic acids is 1. The lowest BCUT2D eigenvalue weighted by Crippen LogP contribution is -2.44. The quantitative estimate of drug-likeness (QED) is 0.792. The molecule has 2 aliphatic rings. The monoisotopic (exact) mass is 275 g/mol. The number of amides is 1. The number of rotatable bonds is 0. The van der Waals surface area contributed by atoms with Crippen LogP contribution >= 0.6 is 0 Å². The van der Waals surface area contributed by atoms with Gasteiger partial charge in [0.1, 0.15) is 11.8 Å². The number of hydrogen-bond acceptors (Lipinski definition) is 3. The van der Waals surface area contributed by atoms with E-state index in [1.54, 1.807) is 0 Å². The van der Waals surface area contributed by atoms with Gasteiger partial charge in [-0.3, -0.25) is 4.90 Å². The summed E-state index contributed by atoms with van der Waals surface area (Å²) in [5.74, 6) is 0.230. The van der Waals surface area contributed by atoms with Crippen molar-refractivity contribution in [3.8, 4) is 0 Å². The Balaban J connectivity index is 1.84. The van der Waals surface area contributed by atoms with E-state index < -0.39 is 17.9 Å². The Morgan fingerprint density at radius 1 is 1.35 bits per heavy atom. The van der Waals surface area contributed by atoms with E-state index in [0.717, 1.165) is 6.42 Å². The van der Waals surface area contributed by atoms with Crippen molar-refractivity contribution < 1.29 is 14.6 Å². The molecule has 0 spiro atoms. The second-order valence-corrected chi connectivity index (χ2v) is 6.68. The fourth-order valence-corrected chi connectivity index (χ4v) is 3.37. The zero-order valence-electron chi connectivity index (χ0n) is 12.2. The van der Waals surface area contributed by atoms with Gasteiger partial charge < -0.3 is 9.84 Å². The van der Waals surface area contributed by atoms with Gasteiger partial charge in [0, 0.05) is 18.4 Å². The van der Waals surface area contributed by atoms with Gasteiger partial charge in [-0.2, -0.15) is 0 Å². The molecule has 0 saturated carbocycles. The molecule has 3 unspecified atom stereocenters. The third-order valence-corrected chi connectivity index (χ3v) is 4.10. The molecule has 1 aliphatic carbocycles. The summed E-state index contributed by atoms with van der Waals surface area (Å²) in [6.07, 6.45) is 0.247. The lowest BCUT2D eigenvalue weighted by molar-refractivity contribution is -0.0239. The van der Waals surface area contributed by atoms with Gasteiger partial charge in [0.2, 0.25) is 0 Å². The summed E-state index contributed by atoms with van der Waals surface area (Å²) in [7, 11) is 0. The van der Waals surface area contributed by atoms with Crippen LogP contribution in [0.3, 0.4) is 0 Å². The minimum Gasteiger partial charge on any atom is -0.444 e. The second-order valence-electron chi connectivity index (χ2n) is 6.68. The van der Waals surface area contributed by atoms with E-state index in [9.17, 15) is 9.90 Å². The number of hydrogen-bond donors (Lipinski definition) is 1. The lowest BCUT2D eigenvalue weighted by atomic mass is 9.98. The predicted octanol–water partition coefficient (Wildman–Crippen LogP) is 2.65. The number of nitrogens with zero attached hydrogens (tertiary/aromatic N) is 1. The maximum absolute atomic E-state index is 12.3. The van der Waals surface area contributed by atoms with E-state index in [0.29, 0.717) is 6.42 Å². The van der Waals surface area contributed by atoms with Crippen LogP contribution in [-0.2, 0) is 11.2 Å². The third-order valence-electron chi connectivity index (χ3n) is 4.10.